The summed E-state index contributed by atoms with van der Waals surface area (Å²) in [6.07, 6.45) is 0.828. The zero-order chi connectivity index (χ0) is 19.1. The maximum absolute atomic E-state index is 9.28. The highest BCUT2D eigenvalue weighted by Gasteiger charge is 2.13. The van der Waals surface area contributed by atoms with Gasteiger partial charge in [0.1, 0.15) is 6.61 Å². The molecule has 0 amide bonds. The Bertz CT molecular complexity index is 736. The van der Waals surface area contributed by atoms with Gasteiger partial charge in [-0.15, -0.1) is 0 Å². The van der Waals surface area contributed by atoms with Crippen LogP contribution in [0.1, 0.15) is 24.5 Å². The third-order valence-electron chi connectivity index (χ3n) is 4.03. The summed E-state index contributed by atoms with van der Waals surface area (Å²) >= 11 is 18.5. The van der Waals surface area contributed by atoms with Gasteiger partial charge in [-0.05, 0) is 30.2 Å². The maximum Gasteiger partial charge on any atom is 0.163 e. The van der Waals surface area contributed by atoms with Crippen LogP contribution in [0.15, 0.2) is 30.3 Å². The van der Waals surface area contributed by atoms with Crippen LogP contribution in [-0.4, -0.2) is 24.9 Å². The fourth-order valence-electron chi connectivity index (χ4n) is 2.37. The van der Waals surface area contributed by atoms with Crippen molar-refractivity contribution < 1.29 is 14.6 Å². The number of rotatable bonds is 9. The first-order valence-corrected chi connectivity index (χ1v) is 9.39. The molecule has 2 aromatic carbocycles. The summed E-state index contributed by atoms with van der Waals surface area (Å²) in [5.41, 5.74) is 1.68. The van der Waals surface area contributed by atoms with Gasteiger partial charge in [0.2, 0.25) is 0 Å². The Kier molecular flexibility index (Phi) is 8.32. The lowest BCUT2D eigenvalue weighted by Gasteiger charge is -2.17. The first kappa shape index (κ1) is 21.1. The molecule has 2 aromatic rings. The molecule has 0 bridgehead atoms. The van der Waals surface area contributed by atoms with E-state index in [1.54, 1.807) is 25.3 Å². The molecule has 1 unspecified atom stereocenters. The molecule has 0 saturated heterocycles. The van der Waals surface area contributed by atoms with E-state index in [2.05, 4.69) is 5.32 Å². The fourth-order valence-corrected chi connectivity index (χ4v) is 3.06. The summed E-state index contributed by atoms with van der Waals surface area (Å²) in [5.74, 6) is 1.11. The van der Waals surface area contributed by atoms with Gasteiger partial charge in [0.15, 0.2) is 11.5 Å². The van der Waals surface area contributed by atoms with Crippen LogP contribution in [0.5, 0.6) is 11.5 Å². The summed E-state index contributed by atoms with van der Waals surface area (Å²) in [6, 6.07) is 8.83. The molecule has 1 atom stereocenters. The lowest BCUT2D eigenvalue weighted by molar-refractivity contribution is 0.238. The van der Waals surface area contributed by atoms with Crippen molar-refractivity contribution in [3.8, 4) is 11.5 Å². The zero-order valence-corrected chi connectivity index (χ0v) is 17.0. The van der Waals surface area contributed by atoms with Gasteiger partial charge in [-0.2, -0.15) is 0 Å². The predicted octanol–water partition coefficient (Wildman–Crippen LogP) is 5.09. The van der Waals surface area contributed by atoms with Gasteiger partial charge in [-0.1, -0.05) is 47.8 Å². The van der Waals surface area contributed by atoms with Crippen LogP contribution >= 0.6 is 34.8 Å². The van der Waals surface area contributed by atoms with Gasteiger partial charge in [-0.25, -0.2) is 0 Å². The van der Waals surface area contributed by atoms with E-state index in [-0.39, 0.29) is 19.3 Å². The lowest BCUT2D eigenvalue weighted by atomic mass is 10.1. The van der Waals surface area contributed by atoms with Crippen molar-refractivity contribution in [1.82, 2.24) is 5.32 Å². The molecule has 26 heavy (non-hydrogen) atoms. The Labute approximate surface area is 169 Å². The summed E-state index contributed by atoms with van der Waals surface area (Å²) < 4.78 is 11.3. The second-order valence-corrected chi connectivity index (χ2v) is 7.04. The molecule has 0 spiro atoms. The van der Waals surface area contributed by atoms with E-state index in [0.717, 1.165) is 17.5 Å². The largest absolute Gasteiger partial charge is 0.493 e. The summed E-state index contributed by atoms with van der Waals surface area (Å²) in [4.78, 5) is 0. The Balaban J connectivity index is 2.12. The highest BCUT2D eigenvalue weighted by Crippen LogP contribution is 2.34. The van der Waals surface area contributed by atoms with Crippen molar-refractivity contribution in [2.24, 2.45) is 0 Å². The third kappa shape index (κ3) is 5.66. The molecule has 0 aliphatic rings. The first-order valence-electron chi connectivity index (χ1n) is 8.25. The molecule has 2 rings (SSSR count). The molecule has 0 aliphatic carbocycles. The minimum Gasteiger partial charge on any atom is -0.493 e. The number of aliphatic hydroxyl groups excluding tert-OH is 1. The average molecular weight is 419 g/mol. The van der Waals surface area contributed by atoms with Crippen LogP contribution in [0, 0.1) is 0 Å². The SMILES string of the molecule is CCC(CO)NCc1cc(OC)c(OCc2ccc(Cl)cc2Cl)cc1Cl. The molecule has 0 heterocycles. The first-order chi connectivity index (χ1) is 12.5. The molecular weight excluding hydrogens is 397 g/mol. The van der Waals surface area contributed by atoms with Gasteiger partial charge in [0.05, 0.1) is 13.7 Å². The quantitative estimate of drug-likeness (QED) is 0.595. The normalized spacial score (nSPS) is 12.1. The summed E-state index contributed by atoms with van der Waals surface area (Å²) in [6.45, 7) is 2.88. The number of hydrogen-bond donors (Lipinski definition) is 2. The van der Waals surface area contributed by atoms with Crippen LogP contribution < -0.4 is 14.8 Å². The van der Waals surface area contributed by atoms with Crippen molar-refractivity contribution in [2.75, 3.05) is 13.7 Å². The Morgan fingerprint density at radius 1 is 1.04 bits per heavy atom. The van der Waals surface area contributed by atoms with Crippen LogP contribution in [0.2, 0.25) is 15.1 Å². The summed E-state index contributed by atoms with van der Waals surface area (Å²) in [7, 11) is 1.57. The van der Waals surface area contributed by atoms with Crippen molar-refractivity contribution in [3.63, 3.8) is 0 Å². The lowest BCUT2D eigenvalue weighted by Crippen LogP contribution is -2.31. The van der Waals surface area contributed by atoms with Crippen molar-refractivity contribution in [2.45, 2.75) is 32.5 Å². The second kappa shape index (κ2) is 10.2. The maximum atomic E-state index is 9.28. The molecule has 0 aromatic heterocycles. The van der Waals surface area contributed by atoms with Crippen molar-refractivity contribution >= 4 is 34.8 Å². The number of nitrogens with one attached hydrogen (secondary N) is 1. The van der Waals surface area contributed by atoms with E-state index >= 15 is 0 Å². The minimum atomic E-state index is 0.0278. The van der Waals surface area contributed by atoms with E-state index < -0.39 is 0 Å². The fraction of sp³-hybridized carbons (Fsp3) is 0.368. The van der Waals surface area contributed by atoms with Gasteiger partial charge < -0.3 is 19.9 Å². The highest BCUT2D eigenvalue weighted by atomic mass is 35.5. The van der Waals surface area contributed by atoms with Gasteiger partial charge >= 0.3 is 0 Å². The third-order valence-corrected chi connectivity index (χ3v) is 4.96. The predicted molar refractivity (Wildman–Crippen MR) is 107 cm³/mol. The van der Waals surface area contributed by atoms with E-state index in [9.17, 15) is 5.11 Å². The molecule has 4 nitrogen and oxygen atoms in total. The van der Waals surface area contributed by atoms with Crippen LogP contribution in [-0.2, 0) is 13.2 Å². The Morgan fingerprint density at radius 3 is 2.38 bits per heavy atom. The molecule has 0 radical (unpaired) electrons. The molecule has 0 saturated carbocycles. The van der Waals surface area contributed by atoms with Crippen LogP contribution in [0.3, 0.4) is 0 Å². The molecule has 0 fully saturated rings. The minimum absolute atomic E-state index is 0.0278. The molecule has 7 heteroatoms. The number of ether oxygens (including phenoxy) is 2. The van der Waals surface area contributed by atoms with Crippen LogP contribution in [0.4, 0.5) is 0 Å². The number of halogens is 3. The van der Waals surface area contributed by atoms with Crippen molar-refractivity contribution in [3.05, 3.63) is 56.5 Å². The van der Waals surface area contributed by atoms with Gasteiger partial charge in [-0.3, -0.25) is 0 Å². The standard InChI is InChI=1S/C19H22Cl3NO3/c1-3-15(10-24)23-9-13-6-18(25-2)19(8-17(13)22)26-11-12-4-5-14(20)7-16(12)21/h4-8,15,23-24H,3,9-11H2,1-2H3. The monoisotopic (exact) mass is 417 g/mol. The Hall–Kier alpha value is -1.17. The number of methoxy groups -OCH3 is 1. The zero-order valence-electron chi connectivity index (χ0n) is 14.7. The van der Waals surface area contributed by atoms with Gasteiger partial charge in [0.25, 0.3) is 0 Å². The molecule has 0 aliphatic heterocycles. The van der Waals surface area contributed by atoms with E-state index in [4.69, 9.17) is 44.3 Å². The molecule has 142 valence electrons. The average Bonchev–Trinajstić information content (AvgIpc) is 2.63. The van der Waals surface area contributed by atoms with Gasteiger partial charge in [0, 0.05) is 39.3 Å². The number of benzene rings is 2. The molecule has 2 N–H and O–H groups in total. The van der Waals surface area contributed by atoms with Crippen molar-refractivity contribution in [1.29, 1.82) is 0 Å². The summed E-state index contributed by atoms with van der Waals surface area (Å²) in [5, 5.41) is 14.2. The second-order valence-electron chi connectivity index (χ2n) is 5.79. The van der Waals surface area contributed by atoms with E-state index in [1.807, 2.05) is 19.1 Å². The van der Waals surface area contributed by atoms with E-state index in [1.165, 1.54) is 0 Å². The van der Waals surface area contributed by atoms with Crippen LogP contribution in [0.25, 0.3) is 0 Å². The smallest absolute Gasteiger partial charge is 0.163 e. The Morgan fingerprint density at radius 2 is 1.77 bits per heavy atom. The number of aliphatic hydroxyl groups is 1. The molecular formula is C19H22Cl3NO3. The number of hydrogen-bond acceptors (Lipinski definition) is 4. The van der Waals surface area contributed by atoms with E-state index in [0.29, 0.717) is 33.1 Å². The topological polar surface area (TPSA) is 50.7 Å². The highest BCUT2D eigenvalue weighted by molar-refractivity contribution is 6.35.